The molecule has 1 amide bonds. The van der Waals surface area contributed by atoms with Crippen LogP contribution in [-0.4, -0.2) is 36.7 Å². The van der Waals surface area contributed by atoms with E-state index in [9.17, 15) is 9.59 Å². The number of rotatable bonds is 5. The molecule has 0 fully saturated rings. The van der Waals surface area contributed by atoms with Gasteiger partial charge in [0, 0.05) is 28.3 Å². The quantitative estimate of drug-likeness (QED) is 0.689. The smallest absolute Gasteiger partial charge is 0.335 e. The Hall–Kier alpha value is -3.55. The van der Waals surface area contributed by atoms with Gasteiger partial charge in [-0.25, -0.2) is 19.4 Å². The summed E-state index contributed by atoms with van der Waals surface area (Å²) in [6.45, 7) is 9.32. The number of nitrogens with one attached hydrogen (secondary N) is 1. The van der Waals surface area contributed by atoms with Crippen LogP contribution in [0.25, 0.3) is 5.95 Å². The number of amides is 1. The molecule has 0 saturated heterocycles. The van der Waals surface area contributed by atoms with E-state index < -0.39 is 5.97 Å². The molecule has 0 aliphatic heterocycles. The Morgan fingerprint density at radius 3 is 2.31 bits per heavy atom. The van der Waals surface area contributed by atoms with Crippen LogP contribution in [0.1, 0.15) is 44.3 Å². The van der Waals surface area contributed by atoms with Crippen LogP contribution < -0.4 is 5.32 Å². The van der Waals surface area contributed by atoms with Gasteiger partial charge in [0.1, 0.15) is 0 Å². The maximum atomic E-state index is 12.6. The summed E-state index contributed by atoms with van der Waals surface area (Å²) < 4.78 is 1.65. The van der Waals surface area contributed by atoms with Gasteiger partial charge in [0.15, 0.2) is 0 Å². The fraction of sp³-hybridized carbons (Fsp3) is 0.286. The Morgan fingerprint density at radius 2 is 1.69 bits per heavy atom. The molecule has 0 aliphatic rings. The normalized spacial score (nSPS) is 10.8. The third-order valence-corrected chi connectivity index (χ3v) is 4.70. The number of aromatic nitrogens is 4. The van der Waals surface area contributed by atoms with Gasteiger partial charge in [0.25, 0.3) is 5.95 Å². The monoisotopic (exact) mass is 393 g/mol. The molecule has 2 aromatic heterocycles. The minimum Gasteiger partial charge on any atom is -0.478 e. The van der Waals surface area contributed by atoms with Gasteiger partial charge < -0.3 is 10.4 Å². The molecule has 0 bridgehead atoms. The van der Waals surface area contributed by atoms with Crippen molar-refractivity contribution in [3.8, 4) is 5.95 Å². The number of benzene rings is 1. The SMILES string of the molecule is Cc1cc(C)nc(-n2nc(C)c(CC(=O)Nc3cc(C(=O)O)ccc3C)c2C)n1. The Kier molecular flexibility index (Phi) is 5.45. The molecule has 0 radical (unpaired) electrons. The number of carboxylic acid groups (broad SMARTS) is 1. The number of anilines is 1. The molecule has 0 atom stereocenters. The van der Waals surface area contributed by atoms with Gasteiger partial charge in [-0.2, -0.15) is 5.10 Å². The summed E-state index contributed by atoms with van der Waals surface area (Å²) in [5.74, 6) is -0.815. The zero-order chi connectivity index (χ0) is 21.3. The largest absolute Gasteiger partial charge is 0.478 e. The van der Waals surface area contributed by atoms with Gasteiger partial charge in [-0.15, -0.1) is 0 Å². The highest BCUT2D eigenvalue weighted by atomic mass is 16.4. The zero-order valence-corrected chi connectivity index (χ0v) is 17.1. The lowest BCUT2D eigenvalue weighted by molar-refractivity contribution is -0.115. The molecule has 2 heterocycles. The number of aromatic carboxylic acids is 1. The van der Waals surface area contributed by atoms with Crippen molar-refractivity contribution in [2.24, 2.45) is 0 Å². The average molecular weight is 393 g/mol. The Labute approximate surface area is 168 Å². The van der Waals surface area contributed by atoms with Gasteiger partial charge in [-0.05, 0) is 58.4 Å². The van der Waals surface area contributed by atoms with E-state index in [-0.39, 0.29) is 17.9 Å². The second-order valence-corrected chi connectivity index (χ2v) is 7.07. The number of hydrogen-bond acceptors (Lipinski definition) is 5. The molecule has 0 saturated carbocycles. The lowest BCUT2D eigenvalue weighted by Crippen LogP contribution is -2.16. The van der Waals surface area contributed by atoms with Crippen LogP contribution in [-0.2, 0) is 11.2 Å². The van der Waals surface area contributed by atoms with E-state index in [1.54, 1.807) is 10.7 Å². The van der Waals surface area contributed by atoms with Crippen LogP contribution in [0.2, 0.25) is 0 Å². The van der Waals surface area contributed by atoms with E-state index in [1.807, 2.05) is 40.7 Å². The summed E-state index contributed by atoms with van der Waals surface area (Å²) in [7, 11) is 0. The van der Waals surface area contributed by atoms with Gasteiger partial charge in [0.05, 0.1) is 17.7 Å². The molecule has 8 nitrogen and oxygen atoms in total. The predicted octanol–water partition coefficient (Wildman–Crippen LogP) is 3.08. The van der Waals surface area contributed by atoms with Gasteiger partial charge in [-0.1, -0.05) is 6.07 Å². The zero-order valence-electron chi connectivity index (χ0n) is 17.1. The summed E-state index contributed by atoms with van der Waals surface area (Å²) in [6, 6.07) is 6.53. The lowest BCUT2D eigenvalue weighted by atomic mass is 10.1. The minimum absolute atomic E-state index is 0.110. The summed E-state index contributed by atoms with van der Waals surface area (Å²) >= 11 is 0. The lowest BCUT2D eigenvalue weighted by Gasteiger charge is -2.10. The summed E-state index contributed by atoms with van der Waals surface area (Å²) in [4.78, 5) is 32.7. The van der Waals surface area contributed by atoms with Gasteiger partial charge in [0.2, 0.25) is 5.91 Å². The molecule has 1 aromatic carbocycles. The molecule has 0 aliphatic carbocycles. The number of carboxylic acids is 1. The van der Waals surface area contributed by atoms with Crippen LogP contribution in [0.4, 0.5) is 5.69 Å². The van der Waals surface area contributed by atoms with E-state index in [4.69, 9.17) is 5.11 Å². The minimum atomic E-state index is -1.04. The van der Waals surface area contributed by atoms with Crippen molar-refractivity contribution in [2.45, 2.75) is 41.0 Å². The summed E-state index contributed by atoms with van der Waals surface area (Å²) in [6.07, 6.45) is 0.110. The Morgan fingerprint density at radius 1 is 1.03 bits per heavy atom. The van der Waals surface area contributed by atoms with Crippen LogP contribution in [0.3, 0.4) is 0 Å². The molecule has 3 aromatic rings. The standard InChI is InChI=1S/C21H23N5O3/c1-11-6-7-16(20(28)29)9-18(11)24-19(27)10-17-14(4)25-26(15(17)5)21-22-12(2)8-13(3)23-21/h6-9H,10H2,1-5H3,(H,24,27)(H,28,29). The van der Waals surface area contributed by atoms with Crippen molar-refractivity contribution in [1.29, 1.82) is 0 Å². The van der Waals surface area contributed by atoms with Crippen molar-refractivity contribution in [3.05, 3.63) is 63.7 Å². The first-order valence-electron chi connectivity index (χ1n) is 9.17. The molecule has 2 N–H and O–H groups in total. The van der Waals surface area contributed by atoms with Crippen molar-refractivity contribution in [2.75, 3.05) is 5.32 Å². The van der Waals surface area contributed by atoms with Crippen LogP contribution >= 0.6 is 0 Å². The first kappa shape index (κ1) is 20.2. The van der Waals surface area contributed by atoms with E-state index in [0.717, 1.165) is 33.9 Å². The van der Waals surface area contributed by atoms with E-state index in [1.165, 1.54) is 12.1 Å². The first-order chi connectivity index (χ1) is 13.7. The van der Waals surface area contributed by atoms with Crippen molar-refractivity contribution in [3.63, 3.8) is 0 Å². The van der Waals surface area contributed by atoms with Crippen molar-refractivity contribution in [1.82, 2.24) is 19.7 Å². The van der Waals surface area contributed by atoms with Crippen molar-refractivity contribution < 1.29 is 14.7 Å². The Balaban J connectivity index is 1.86. The second-order valence-electron chi connectivity index (χ2n) is 7.07. The maximum absolute atomic E-state index is 12.6. The number of carbonyl (C=O) groups excluding carboxylic acids is 1. The van der Waals surface area contributed by atoms with Gasteiger partial charge in [-0.3, -0.25) is 4.79 Å². The Bertz CT molecular complexity index is 1100. The van der Waals surface area contributed by atoms with Crippen LogP contribution in [0.15, 0.2) is 24.3 Å². The summed E-state index contributed by atoms with van der Waals surface area (Å²) in [5, 5.41) is 16.5. The number of aryl methyl sites for hydroxylation is 4. The van der Waals surface area contributed by atoms with E-state index in [2.05, 4.69) is 20.4 Å². The number of nitrogens with zero attached hydrogens (tertiary/aromatic N) is 4. The third kappa shape index (κ3) is 4.31. The van der Waals surface area contributed by atoms with E-state index >= 15 is 0 Å². The predicted molar refractivity (Wildman–Crippen MR) is 109 cm³/mol. The van der Waals surface area contributed by atoms with Crippen LogP contribution in [0, 0.1) is 34.6 Å². The van der Waals surface area contributed by atoms with E-state index in [0.29, 0.717) is 11.6 Å². The number of carbonyl (C=O) groups is 2. The molecular weight excluding hydrogens is 370 g/mol. The molecule has 29 heavy (non-hydrogen) atoms. The molecule has 0 unspecified atom stereocenters. The second kappa shape index (κ2) is 7.83. The molecule has 0 spiro atoms. The fourth-order valence-electron chi connectivity index (χ4n) is 3.17. The van der Waals surface area contributed by atoms with Gasteiger partial charge >= 0.3 is 5.97 Å². The maximum Gasteiger partial charge on any atom is 0.335 e. The fourth-order valence-corrected chi connectivity index (χ4v) is 3.17. The highest BCUT2D eigenvalue weighted by Crippen LogP contribution is 2.20. The molecule has 150 valence electrons. The van der Waals surface area contributed by atoms with Crippen molar-refractivity contribution >= 4 is 17.6 Å². The highest BCUT2D eigenvalue weighted by Gasteiger charge is 2.18. The summed E-state index contributed by atoms with van der Waals surface area (Å²) in [5.41, 5.74) is 5.37. The van der Waals surface area contributed by atoms with Crippen LogP contribution in [0.5, 0.6) is 0 Å². The highest BCUT2D eigenvalue weighted by molar-refractivity contribution is 5.95. The molecular formula is C21H23N5O3. The molecule has 3 rings (SSSR count). The topological polar surface area (TPSA) is 110 Å². The average Bonchev–Trinajstić information content (AvgIpc) is 2.90. The third-order valence-electron chi connectivity index (χ3n) is 4.70. The number of hydrogen-bond donors (Lipinski definition) is 2. The first-order valence-corrected chi connectivity index (χ1v) is 9.17. The molecule has 8 heteroatoms.